The highest BCUT2D eigenvalue weighted by atomic mass is 15.2. The zero-order valence-corrected chi connectivity index (χ0v) is 11.9. The molecule has 104 valence electrons. The second-order valence-corrected chi connectivity index (χ2v) is 5.74. The average molecular weight is 260 g/mol. The van der Waals surface area contributed by atoms with Crippen molar-refractivity contribution in [1.29, 1.82) is 0 Å². The highest BCUT2D eigenvalue weighted by Crippen LogP contribution is 2.30. The van der Waals surface area contributed by atoms with Crippen LogP contribution in [0.25, 0.3) is 0 Å². The lowest BCUT2D eigenvalue weighted by Gasteiger charge is -2.34. The van der Waals surface area contributed by atoms with E-state index in [9.17, 15) is 0 Å². The minimum atomic E-state index is 0.765. The Kier molecular flexibility index (Phi) is 3.97. The fourth-order valence-electron chi connectivity index (χ4n) is 3.39. The summed E-state index contributed by atoms with van der Waals surface area (Å²) >= 11 is 0. The van der Waals surface area contributed by atoms with E-state index in [0.29, 0.717) is 0 Å². The predicted molar refractivity (Wildman–Crippen MR) is 77.5 cm³/mol. The third-order valence-corrected chi connectivity index (χ3v) is 4.35. The Morgan fingerprint density at radius 1 is 1.32 bits per heavy atom. The van der Waals surface area contributed by atoms with E-state index in [4.69, 9.17) is 0 Å². The molecule has 19 heavy (non-hydrogen) atoms. The summed E-state index contributed by atoms with van der Waals surface area (Å²) in [5.41, 5.74) is 2.71. The molecule has 1 N–H and O–H groups in total. The van der Waals surface area contributed by atoms with Crippen molar-refractivity contribution in [3.63, 3.8) is 0 Å². The Labute approximate surface area is 115 Å². The number of rotatable bonds is 4. The maximum absolute atomic E-state index is 4.58. The van der Waals surface area contributed by atoms with Gasteiger partial charge in [-0.2, -0.15) is 0 Å². The molecule has 4 heteroatoms. The standard InChI is InChI=1S/C15H24N4/c1-2-16-9-12-5-4-8-19(10-12)15-13-6-3-7-14(13)17-11-18-15/h11-12,16H,2-10H2,1H3. The number of aromatic nitrogens is 2. The summed E-state index contributed by atoms with van der Waals surface area (Å²) in [7, 11) is 0. The molecule has 1 saturated heterocycles. The first-order chi connectivity index (χ1) is 9.38. The molecule has 1 aromatic rings. The molecule has 0 spiro atoms. The van der Waals surface area contributed by atoms with E-state index < -0.39 is 0 Å². The van der Waals surface area contributed by atoms with Crippen LogP contribution in [0.1, 0.15) is 37.4 Å². The van der Waals surface area contributed by atoms with Crippen molar-refractivity contribution < 1.29 is 0 Å². The molecule has 0 radical (unpaired) electrons. The van der Waals surface area contributed by atoms with Crippen LogP contribution in [0.2, 0.25) is 0 Å². The first-order valence-electron chi connectivity index (χ1n) is 7.67. The van der Waals surface area contributed by atoms with Crippen molar-refractivity contribution >= 4 is 5.82 Å². The first kappa shape index (κ1) is 12.9. The van der Waals surface area contributed by atoms with Gasteiger partial charge in [-0.25, -0.2) is 9.97 Å². The quantitative estimate of drug-likeness (QED) is 0.896. The molecular weight excluding hydrogens is 236 g/mol. The molecule has 2 aliphatic rings. The molecule has 3 rings (SSSR count). The van der Waals surface area contributed by atoms with Gasteiger partial charge < -0.3 is 10.2 Å². The molecule has 1 aliphatic heterocycles. The van der Waals surface area contributed by atoms with E-state index in [0.717, 1.165) is 38.5 Å². The van der Waals surface area contributed by atoms with Gasteiger partial charge in [-0.1, -0.05) is 6.92 Å². The third-order valence-electron chi connectivity index (χ3n) is 4.35. The zero-order chi connectivity index (χ0) is 13.1. The molecule has 1 aromatic heterocycles. The van der Waals surface area contributed by atoms with Crippen LogP contribution in [0.15, 0.2) is 6.33 Å². The maximum atomic E-state index is 4.58. The van der Waals surface area contributed by atoms with Crippen LogP contribution >= 0.6 is 0 Å². The first-order valence-corrected chi connectivity index (χ1v) is 7.67. The number of aryl methyl sites for hydroxylation is 1. The van der Waals surface area contributed by atoms with Crippen molar-refractivity contribution in [1.82, 2.24) is 15.3 Å². The van der Waals surface area contributed by atoms with Crippen molar-refractivity contribution in [3.05, 3.63) is 17.6 Å². The van der Waals surface area contributed by atoms with Crippen molar-refractivity contribution in [3.8, 4) is 0 Å². The van der Waals surface area contributed by atoms with Gasteiger partial charge in [-0.15, -0.1) is 0 Å². The number of piperidine rings is 1. The van der Waals surface area contributed by atoms with Crippen LogP contribution in [0.5, 0.6) is 0 Å². The van der Waals surface area contributed by atoms with Gasteiger partial charge in [-0.3, -0.25) is 0 Å². The van der Waals surface area contributed by atoms with E-state index in [2.05, 4.69) is 27.1 Å². The molecule has 0 bridgehead atoms. The Balaban J connectivity index is 1.73. The summed E-state index contributed by atoms with van der Waals surface area (Å²) < 4.78 is 0. The summed E-state index contributed by atoms with van der Waals surface area (Å²) in [6, 6.07) is 0. The lowest BCUT2D eigenvalue weighted by molar-refractivity contribution is 0.393. The fraction of sp³-hybridized carbons (Fsp3) is 0.733. The number of nitrogens with one attached hydrogen (secondary N) is 1. The van der Waals surface area contributed by atoms with E-state index in [1.165, 1.54) is 42.8 Å². The highest BCUT2D eigenvalue weighted by molar-refractivity contribution is 5.50. The number of fused-ring (bicyclic) bond motifs is 1. The average Bonchev–Trinajstić information content (AvgIpc) is 2.93. The van der Waals surface area contributed by atoms with Crippen molar-refractivity contribution in [2.75, 3.05) is 31.1 Å². The molecule has 1 fully saturated rings. The molecule has 0 amide bonds. The molecule has 0 saturated carbocycles. The largest absolute Gasteiger partial charge is 0.356 e. The Morgan fingerprint density at radius 2 is 2.26 bits per heavy atom. The van der Waals surface area contributed by atoms with Crippen molar-refractivity contribution in [2.45, 2.75) is 39.0 Å². The summed E-state index contributed by atoms with van der Waals surface area (Å²) in [4.78, 5) is 11.5. The molecule has 1 unspecified atom stereocenters. The maximum Gasteiger partial charge on any atom is 0.135 e. The number of hydrogen-bond donors (Lipinski definition) is 1. The van der Waals surface area contributed by atoms with Crippen LogP contribution in [0, 0.1) is 5.92 Å². The second-order valence-electron chi connectivity index (χ2n) is 5.74. The minimum absolute atomic E-state index is 0.765. The molecule has 1 atom stereocenters. The Hall–Kier alpha value is -1.16. The minimum Gasteiger partial charge on any atom is -0.356 e. The van der Waals surface area contributed by atoms with E-state index in [-0.39, 0.29) is 0 Å². The topological polar surface area (TPSA) is 41.0 Å². The molecule has 4 nitrogen and oxygen atoms in total. The fourth-order valence-corrected chi connectivity index (χ4v) is 3.39. The van der Waals surface area contributed by atoms with Gasteiger partial charge in [0, 0.05) is 24.3 Å². The van der Waals surface area contributed by atoms with Crippen LogP contribution < -0.4 is 10.2 Å². The molecule has 1 aliphatic carbocycles. The van der Waals surface area contributed by atoms with Gasteiger partial charge in [0.15, 0.2) is 0 Å². The lowest BCUT2D eigenvalue weighted by atomic mass is 9.97. The van der Waals surface area contributed by atoms with Crippen molar-refractivity contribution in [2.24, 2.45) is 5.92 Å². The number of anilines is 1. The summed E-state index contributed by atoms with van der Waals surface area (Å²) in [6.45, 7) is 6.69. The van der Waals surface area contributed by atoms with E-state index >= 15 is 0 Å². The molecule has 0 aromatic carbocycles. The normalized spacial score (nSPS) is 22.6. The second kappa shape index (κ2) is 5.87. The number of hydrogen-bond acceptors (Lipinski definition) is 4. The van der Waals surface area contributed by atoms with Gasteiger partial charge >= 0.3 is 0 Å². The zero-order valence-electron chi connectivity index (χ0n) is 11.9. The SMILES string of the molecule is CCNCC1CCCN(c2ncnc3c2CCC3)C1. The monoisotopic (exact) mass is 260 g/mol. The third kappa shape index (κ3) is 2.73. The highest BCUT2D eigenvalue weighted by Gasteiger charge is 2.25. The van der Waals surface area contributed by atoms with Gasteiger partial charge in [0.25, 0.3) is 0 Å². The summed E-state index contributed by atoms with van der Waals surface area (Å²) in [5.74, 6) is 1.99. The van der Waals surface area contributed by atoms with Gasteiger partial charge in [0.05, 0.1) is 0 Å². The van der Waals surface area contributed by atoms with Crippen LogP contribution in [0.3, 0.4) is 0 Å². The van der Waals surface area contributed by atoms with Crippen LogP contribution in [-0.4, -0.2) is 36.1 Å². The molecular formula is C15H24N4. The lowest BCUT2D eigenvalue weighted by Crippen LogP contribution is -2.40. The summed E-state index contributed by atoms with van der Waals surface area (Å²) in [5, 5.41) is 3.48. The summed E-state index contributed by atoms with van der Waals surface area (Å²) in [6.07, 6.45) is 7.94. The van der Waals surface area contributed by atoms with Crippen LogP contribution in [0.4, 0.5) is 5.82 Å². The Morgan fingerprint density at radius 3 is 3.16 bits per heavy atom. The predicted octanol–water partition coefficient (Wildman–Crippen LogP) is 1.79. The number of nitrogens with zero attached hydrogens (tertiary/aromatic N) is 3. The smallest absolute Gasteiger partial charge is 0.135 e. The van der Waals surface area contributed by atoms with Gasteiger partial charge in [0.2, 0.25) is 0 Å². The van der Waals surface area contributed by atoms with E-state index in [1.54, 1.807) is 6.33 Å². The van der Waals surface area contributed by atoms with Gasteiger partial charge in [-0.05, 0) is 51.1 Å². The molecule has 2 heterocycles. The van der Waals surface area contributed by atoms with E-state index in [1.807, 2.05) is 0 Å². The van der Waals surface area contributed by atoms with Gasteiger partial charge in [0.1, 0.15) is 12.1 Å². The Bertz CT molecular complexity index is 432. The van der Waals surface area contributed by atoms with Crippen LogP contribution in [-0.2, 0) is 12.8 Å².